The van der Waals surface area contributed by atoms with Crippen LogP contribution in [0.25, 0.3) is 0 Å². The van der Waals surface area contributed by atoms with E-state index in [-0.39, 0.29) is 12.4 Å². The second-order valence-corrected chi connectivity index (χ2v) is 4.01. The van der Waals surface area contributed by atoms with Gasteiger partial charge in [0.2, 0.25) is 5.91 Å². The van der Waals surface area contributed by atoms with Crippen LogP contribution in [0.3, 0.4) is 0 Å². The van der Waals surface area contributed by atoms with E-state index in [1.54, 1.807) is 0 Å². The molecule has 11 heteroatoms. The maximum absolute atomic E-state index is 10.2. The van der Waals surface area contributed by atoms with E-state index in [1.165, 1.54) is 0 Å². The summed E-state index contributed by atoms with van der Waals surface area (Å²) in [5.41, 5.74) is 24.9. The monoisotopic (exact) mass is 306 g/mol. The molecule has 0 heterocycles. The van der Waals surface area contributed by atoms with E-state index >= 15 is 0 Å². The number of nitrogens with zero attached hydrogens (tertiary/aromatic N) is 1. The van der Waals surface area contributed by atoms with Crippen LogP contribution < -0.4 is 28.7 Å². The average Bonchev–Trinajstić information content (AvgIpc) is 2.33. The van der Waals surface area contributed by atoms with Gasteiger partial charge in [-0.15, -0.1) is 0 Å². The van der Waals surface area contributed by atoms with Gasteiger partial charge in [0.05, 0.1) is 6.42 Å². The number of carbonyl (C=O) groups is 3. The summed E-state index contributed by atoms with van der Waals surface area (Å²) in [6.45, 7) is 0.420. The number of hydrogen-bond acceptors (Lipinski definition) is 6. The quantitative estimate of drug-likeness (QED) is 0.135. The molecule has 0 saturated carbocycles. The van der Waals surface area contributed by atoms with E-state index in [0.717, 1.165) is 0 Å². The summed E-state index contributed by atoms with van der Waals surface area (Å²) < 4.78 is 0. The van der Waals surface area contributed by atoms with Crippen LogP contribution in [0.4, 0.5) is 0 Å². The van der Waals surface area contributed by atoms with Gasteiger partial charge in [0.25, 0.3) is 0 Å². The predicted molar refractivity (Wildman–Crippen MR) is 74.9 cm³/mol. The Morgan fingerprint density at radius 1 is 0.952 bits per heavy atom. The molecule has 0 fully saturated rings. The standard InChI is InChI=1S/C6H14N4O2.C4H8N2O3/c7-4(5(11)12)2-1-3-10-6(8)9;5-2(4(8)9)1-3(6)7/h4H,1-3,7H2,(H,11,12)(H4,8,9,10);2H,1,5H2,(H2,6,7)(H,8,9)/t4-;2-/m11/s1. The third-order valence-electron chi connectivity index (χ3n) is 2.02. The van der Waals surface area contributed by atoms with Crippen molar-refractivity contribution in [3.8, 4) is 0 Å². The van der Waals surface area contributed by atoms with Gasteiger partial charge in [-0.2, -0.15) is 0 Å². The summed E-state index contributed by atoms with van der Waals surface area (Å²) in [4.78, 5) is 33.8. The number of nitrogens with two attached hydrogens (primary N) is 5. The molecule has 2 atom stereocenters. The fourth-order valence-corrected chi connectivity index (χ4v) is 0.947. The fraction of sp³-hybridized carbons (Fsp3) is 0.600. The summed E-state index contributed by atoms with van der Waals surface area (Å²) in [7, 11) is 0. The fourth-order valence-electron chi connectivity index (χ4n) is 0.947. The van der Waals surface area contributed by atoms with Crippen LogP contribution in [-0.2, 0) is 14.4 Å². The molecule has 0 aliphatic carbocycles. The number of hydrogen-bond donors (Lipinski definition) is 7. The lowest BCUT2D eigenvalue weighted by Crippen LogP contribution is -2.34. The molecule has 0 aliphatic heterocycles. The zero-order chi connectivity index (χ0) is 17.0. The molecule has 0 aliphatic rings. The molecule has 0 saturated heterocycles. The highest BCUT2D eigenvalue weighted by Crippen LogP contribution is 1.94. The molecule has 0 aromatic carbocycles. The minimum absolute atomic E-state index is 0.0129. The second-order valence-electron chi connectivity index (χ2n) is 4.01. The highest BCUT2D eigenvalue weighted by molar-refractivity contribution is 5.83. The van der Waals surface area contributed by atoms with Crippen molar-refractivity contribution in [2.24, 2.45) is 33.7 Å². The Balaban J connectivity index is 0. The molecule has 0 aromatic heterocycles. The number of aliphatic carboxylic acids is 2. The number of primary amides is 1. The Kier molecular flexibility index (Phi) is 11.4. The maximum atomic E-state index is 10.2. The van der Waals surface area contributed by atoms with Crippen molar-refractivity contribution in [2.75, 3.05) is 6.54 Å². The molecular weight excluding hydrogens is 284 g/mol. The molecule has 12 N–H and O–H groups in total. The zero-order valence-electron chi connectivity index (χ0n) is 11.4. The van der Waals surface area contributed by atoms with Gasteiger partial charge >= 0.3 is 11.9 Å². The van der Waals surface area contributed by atoms with E-state index < -0.39 is 29.9 Å². The van der Waals surface area contributed by atoms with Crippen molar-refractivity contribution in [3.63, 3.8) is 0 Å². The van der Waals surface area contributed by atoms with Gasteiger partial charge in [0.1, 0.15) is 12.1 Å². The summed E-state index contributed by atoms with van der Waals surface area (Å²) in [5, 5.41) is 16.5. The minimum Gasteiger partial charge on any atom is -0.480 e. The van der Waals surface area contributed by atoms with Gasteiger partial charge in [-0.25, -0.2) is 0 Å². The van der Waals surface area contributed by atoms with Gasteiger partial charge in [-0.3, -0.25) is 19.4 Å². The van der Waals surface area contributed by atoms with Crippen molar-refractivity contribution in [2.45, 2.75) is 31.3 Å². The number of carboxylic acids is 2. The topological polar surface area (TPSA) is 234 Å². The van der Waals surface area contributed by atoms with Crippen molar-refractivity contribution in [3.05, 3.63) is 0 Å². The van der Waals surface area contributed by atoms with Gasteiger partial charge in [-0.05, 0) is 12.8 Å². The zero-order valence-corrected chi connectivity index (χ0v) is 11.4. The molecule has 21 heavy (non-hydrogen) atoms. The lowest BCUT2D eigenvalue weighted by Gasteiger charge is -2.03. The third-order valence-corrected chi connectivity index (χ3v) is 2.02. The van der Waals surface area contributed by atoms with Gasteiger partial charge < -0.3 is 38.9 Å². The van der Waals surface area contributed by atoms with Gasteiger partial charge in [0, 0.05) is 6.54 Å². The number of carboxylic acid groups (broad SMARTS) is 2. The summed E-state index contributed by atoms with van der Waals surface area (Å²) >= 11 is 0. The van der Waals surface area contributed by atoms with E-state index in [1.807, 2.05) is 0 Å². The summed E-state index contributed by atoms with van der Waals surface area (Å²) in [5.74, 6) is -2.91. The Hall–Kier alpha value is -2.40. The first-order valence-corrected chi connectivity index (χ1v) is 5.88. The Labute approximate surface area is 121 Å². The van der Waals surface area contributed by atoms with Crippen molar-refractivity contribution >= 4 is 23.8 Å². The molecule has 0 rings (SSSR count). The predicted octanol–water partition coefficient (Wildman–Crippen LogP) is -3.27. The maximum Gasteiger partial charge on any atom is 0.321 e. The Morgan fingerprint density at radius 2 is 1.43 bits per heavy atom. The van der Waals surface area contributed by atoms with Crippen LogP contribution >= 0.6 is 0 Å². The Bertz CT molecular complexity index is 382. The van der Waals surface area contributed by atoms with Crippen LogP contribution in [0.2, 0.25) is 0 Å². The molecular formula is C10H22N6O5. The van der Waals surface area contributed by atoms with Crippen LogP contribution in [0.15, 0.2) is 4.99 Å². The largest absolute Gasteiger partial charge is 0.480 e. The average molecular weight is 306 g/mol. The van der Waals surface area contributed by atoms with Crippen molar-refractivity contribution in [1.29, 1.82) is 0 Å². The lowest BCUT2D eigenvalue weighted by atomic mass is 10.2. The molecule has 1 amide bonds. The molecule has 0 spiro atoms. The first kappa shape index (κ1) is 20.9. The molecule has 122 valence electrons. The number of aliphatic imine (C=N–C) groups is 1. The molecule has 11 nitrogen and oxygen atoms in total. The summed E-state index contributed by atoms with van der Waals surface area (Å²) in [6, 6.07) is -1.98. The Morgan fingerprint density at radius 3 is 1.71 bits per heavy atom. The normalized spacial score (nSPS) is 12.3. The van der Waals surface area contributed by atoms with Crippen LogP contribution in [0.1, 0.15) is 19.3 Å². The first-order valence-electron chi connectivity index (χ1n) is 5.88. The first-order chi connectivity index (χ1) is 9.57. The van der Waals surface area contributed by atoms with E-state index in [4.69, 9.17) is 33.1 Å². The molecule has 0 radical (unpaired) electrons. The number of guanidine groups is 1. The van der Waals surface area contributed by atoms with E-state index in [0.29, 0.717) is 19.4 Å². The van der Waals surface area contributed by atoms with Crippen molar-refractivity contribution < 1.29 is 24.6 Å². The van der Waals surface area contributed by atoms with Gasteiger partial charge in [-0.1, -0.05) is 0 Å². The second kappa shape index (κ2) is 11.4. The summed E-state index contributed by atoms with van der Waals surface area (Å²) in [6.07, 6.45) is 0.646. The molecule has 0 aromatic rings. The van der Waals surface area contributed by atoms with Gasteiger partial charge in [0.15, 0.2) is 5.96 Å². The van der Waals surface area contributed by atoms with Crippen LogP contribution in [0.5, 0.6) is 0 Å². The van der Waals surface area contributed by atoms with Crippen molar-refractivity contribution in [1.82, 2.24) is 0 Å². The molecule has 0 unspecified atom stereocenters. The third kappa shape index (κ3) is 15.5. The smallest absolute Gasteiger partial charge is 0.321 e. The van der Waals surface area contributed by atoms with Crippen LogP contribution in [0, 0.1) is 0 Å². The highest BCUT2D eigenvalue weighted by Gasteiger charge is 2.13. The highest BCUT2D eigenvalue weighted by atomic mass is 16.4. The van der Waals surface area contributed by atoms with Crippen LogP contribution in [-0.4, -0.2) is 52.6 Å². The van der Waals surface area contributed by atoms with E-state index in [2.05, 4.69) is 10.7 Å². The van der Waals surface area contributed by atoms with E-state index in [9.17, 15) is 14.4 Å². The lowest BCUT2D eigenvalue weighted by molar-refractivity contribution is -0.140. The number of amides is 1. The SMILES string of the molecule is NC(=O)C[C@@H](N)C(=O)O.NC(N)=NCCC[C@@H](N)C(=O)O. The number of rotatable bonds is 8. The molecule has 0 bridgehead atoms. The minimum atomic E-state index is -1.21. The number of carbonyl (C=O) groups excluding carboxylic acids is 1.